The highest BCUT2D eigenvalue weighted by atomic mass is 16.2. The third kappa shape index (κ3) is 9.44. The molecule has 0 saturated carbocycles. The van der Waals surface area contributed by atoms with Crippen LogP contribution in [0.5, 0.6) is 0 Å². The molecular formula is C13H28N4O2. The highest BCUT2D eigenvalue weighted by molar-refractivity contribution is 5.79. The summed E-state index contributed by atoms with van der Waals surface area (Å²) in [6, 6.07) is -0.288. The van der Waals surface area contributed by atoms with E-state index in [1.807, 2.05) is 6.92 Å². The van der Waals surface area contributed by atoms with Crippen LogP contribution in [0.25, 0.3) is 0 Å². The molecule has 2 atom stereocenters. The molecule has 2 amide bonds. The summed E-state index contributed by atoms with van der Waals surface area (Å²) in [6.07, 6.45) is 2.55. The number of carbonyl (C=O) groups excluding carboxylic acids is 2. The summed E-state index contributed by atoms with van der Waals surface area (Å²) >= 11 is 0. The number of carbonyl (C=O) groups is 2. The molecule has 6 nitrogen and oxygen atoms in total. The summed E-state index contributed by atoms with van der Waals surface area (Å²) < 4.78 is 0. The van der Waals surface area contributed by atoms with Gasteiger partial charge in [-0.1, -0.05) is 13.8 Å². The van der Waals surface area contributed by atoms with Gasteiger partial charge in [0.05, 0.1) is 12.6 Å². The van der Waals surface area contributed by atoms with Crippen LogP contribution in [0, 0.1) is 5.92 Å². The molecule has 6 heteroatoms. The first kappa shape index (κ1) is 17.9. The topological polar surface area (TPSA) is 96.2 Å². The molecule has 5 N–H and O–H groups in total. The summed E-state index contributed by atoms with van der Waals surface area (Å²) in [4.78, 5) is 22.5. The first-order chi connectivity index (χ1) is 9.01. The van der Waals surface area contributed by atoms with Gasteiger partial charge in [0.1, 0.15) is 0 Å². The van der Waals surface area contributed by atoms with E-state index in [1.54, 1.807) is 7.05 Å². The van der Waals surface area contributed by atoms with Gasteiger partial charge in [-0.25, -0.2) is 0 Å². The van der Waals surface area contributed by atoms with Gasteiger partial charge in [0, 0.05) is 6.54 Å². The van der Waals surface area contributed by atoms with E-state index in [0.717, 1.165) is 19.4 Å². The third-order valence-corrected chi connectivity index (χ3v) is 3.00. The lowest BCUT2D eigenvalue weighted by Crippen LogP contribution is -2.40. The molecular weight excluding hydrogens is 244 g/mol. The van der Waals surface area contributed by atoms with Crippen LogP contribution in [0.1, 0.15) is 33.1 Å². The molecule has 0 aliphatic heterocycles. The summed E-state index contributed by atoms with van der Waals surface area (Å²) in [6.45, 7) is 5.95. The SMILES string of the molecule is CCCNCC(=O)NCC(C)CCC(NC)C(N)=O. The van der Waals surface area contributed by atoms with Crippen LogP contribution in [0.2, 0.25) is 0 Å². The van der Waals surface area contributed by atoms with Gasteiger partial charge in [0.15, 0.2) is 0 Å². The molecule has 0 fully saturated rings. The van der Waals surface area contributed by atoms with Crippen molar-refractivity contribution in [3.8, 4) is 0 Å². The zero-order valence-corrected chi connectivity index (χ0v) is 12.3. The number of primary amides is 1. The van der Waals surface area contributed by atoms with Gasteiger partial charge >= 0.3 is 0 Å². The number of nitrogens with one attached hydrogen (secondary N) is 3. The minimum atomic E-state index is -0.331. The van der Waals surface area contributed by atoms with Crippen molar-refractivity contribution < 1.29 is 9.59 Å². The largest absolute Gasteiger partial charge is 0.368 e. The molecule has 0 saturated heterocycles. The van der Waals surface area contributed by atoms with Crippen molar-refractivity contribution in [2.75, 3.05) is 26.7 Å². The number of hydrogen-bond acceptors (Lipinski definition) is 4. The summed E-state index contributed by atoms with van der Waals surface area (Å²) in [5, 5.41) is 8.81. The Morgan fingerprint density at radius 1 is 1.26 bits per heavy atom. The Kier molecular flexibility index (Phi) is 10.1. The predicted octanol–water partition coefficient (Wildman–Crippen LogP) is -0.408. The molecule has 112 valence electrons. The predicted molar refractivity (Wildman–Crippen MR) is 76.6 cm³/mol. The molecule has 0 aromatic heterocycles. The molecule has 0 heterocycles. The Morgan fingerprint density at radius 2 is 1.95 bits per heavy atom. The van der Waals surface area contributed by atoms with Crippen molar-refractivity contribution in [3.63, 3.8) is 0 Å². The van der Waals surface area contributed by atoms with Crippen molar-refractivity contribution in [1.29, 1.82) is 0 Å². The quantitative estimate of drug-likeness (QED) is 0.385. The Morgan fingerprint density at radius 3 is 2.47 bits per heavy atom. The van der Waals surface area contributed by atoms with Crippen LogP contribution in [-0.4, -0.2) is 44.5 Å². The lowest BCUT2D eigenvalue weighted by atomic mass is 10.0. The van der Waals surface area contributed by atoms with Gasteiger partial charge < -0.3 is 21.7 Å². The minimum absolute atomic E-state index is 0.0142. The molecule has 19 heavy (non-hydrogen) atoms. The lowest BCUT2D eigenvalue weighted by molar-refractivity contribution is -0.121. The second kappa shape index (κ2) is 10.8. The van der Waals surface area contributed by atoms with Crippen molar-refractivity contribution in [2.24, 2.45) is 11.7 Å². The van der Waals surface area contributed by atoms with Gasteiger partial charge in [-0.05, 0) is 38.8 Å². The second-order valence-corrected chi connectivity index (χ2v) is 4.91. The maximum atomic E-state index is 11.5. The van der Waals surface area contributed by atoms with E-state index < -0.39 is 0 Å². The fourth-order valence-electron chi connectivity index (χ4n) is 1.71. The normalized spacial score (nSPS) is 13.8. The maximum Gasteiger partial charge on any atom is 0.234 e. The molecule has 2 unspecified atom stereocenters. The fourth-order valence-corrected chi connectivity index (χ4v) is 1.71. The van der Waals surface area contributed by atoms with Crippen LogP contribution in [0.3, 0.4) is 0 Å². The molecule has 0 aromatic carbocycles. The van der Waals surface area contributed by atoms with E-state index in [9.17, 15) is 9.59 Å². The van der Waals surface area contributed by atoms with E-state index in [0.29, 0.717) is 25.4 Å². The van der Waals surface area contributed by atoms with Crippen molar-refractivity contribution in [1.82, 2.24) is 16.0 Å². The number of hydrogen-bond donors (Lipinski definition) is 4. The number of rotatable bonds is 11. The van der Waals surface area contributed by atoms with E-state index in [-0.39, 0.29) is 17.9 Å². The molecule has 0 radical (unpaired) electrons. The van der Waals surface area contributed by atoms with Crippen molar-refractivity contribution in [3.05, 3.63) is 0 Å². The van der Waals surface area contributed by atoms with E-state index in [1.165, 1.54) is 0 Å². The Bertz CT molecular complexity index is 271. The standard InChI is InChI=1S/C13H28N4O2/c1-4-7-16-9-12(18)17-8-10(2)5-6-11(15-3)13(14)19/h10-11,15-16H,4-9H2,1-3H3,(H2,14,19)(H,17,18). The lowest BCUT2D eigenvalue weighted by Gasteiger charge is -2.16. The van der Waals surface area contributed by atoms with Crippen LogP contribution < -0.4 is 21.7 Å². The number of nitrogens with two attached hydrogens (primary N) is 1. The van der Waals surface area contributed by atoms with E-state index in [2.05, 4.69) is 22.9 Å². The summed E-state index contributed by atoms with van der Waals surface area (Å²) in [5.74, 6) is 0.00759. The number of likely N-dealkylation sites (N-methyl/N-ethyl adjacent to an activating group) is 1. The Balaban J connectivity index is 3.71. The molecule has 0 aliphatic rings. The fraction of sp³-hybridized carbons (Fsp3) is 0.846. The van der Waals surface area contributed by atoms with Crippen LogP contribution in [0.4, 0.5) is 0 Å². The molecule has 0 aliphatic carbocycles. The van der Waals surface area contributed by atoms with Gasteiger partial charge in [0.25, 0.3) is 0 Å². The maximum absolute atomic E-state index is 11.5. The van der Waals surface area contributed by atoms with E-state index in [4.69, 9.17) is 5.73 Å². The van der Waals surface area contributed by atoms with Crippen LogP contribution in [-0.2, 0) is 9.59 Å². The summed E-state index contributed by atoms with van der Waals surface area (Å²) in [5.41, 5.74) is 5.24. The van der Waals surface area contributed by atoms with Gasteiger partial charge in [-0.2, -0.15) is 0 Å². The Labute approximate surface area is 115 Å². The minimum Gasteiger partial charge on any atom is -0.368 e. The van der Waals surface area contributed by atoms with Crippen molar-refractivity contribution >= 4 is 11.8 Å². The van der Waals surface area contributed by atoms with Crippen LogP contribution in [0.15, 0.2) is 0 Å². The Hall–Kier alpha value is -1.14. The smallest absolute Gasteiger partial charge is 0.234 e. The average Bonchev–Trinajstić information content (AvgIpc) is 2.37. The zero-order valence-electron chi connectivity index (χ0n) is 12.3. The highest BCUT2D eigenvalue weighted by Crippen LogP contribution is 2.06. The van der Waals surface area contributed by atoms with Gasteiger partial charge in [-0.15, -0.1) is 0 Å². The molecule has 0 rings (SSSR count). The number of amides is 2. The first-order valence-electron chi connectivity index (χ1n) is 6.95. The summed E-state index contributed by atoms with van der Waals surface area (Å²) in [7, 11) is 1.72. The first-order valence-corrected chi connectivity index (χ1v) is 6.95. The third-order valence-electron chi connectivity index (χ3n) is 3.00. The van der Waals surface area contributed by atoms with E-state index >= 15 is 0 Å². The zero-order chi connectivity index (χ0) is 14.7. The molecule has 0 aromatic rings. The van der Waals surface area contributed by atoms with Gasteiger partial charge in [-0.3, -0.25) is 9.59 Å². The monoisotopic (exact) mass is 272 g/mol. The van der Waals surface area contributed by atoms with Crippen molar-refractivity contribution in [2.45, 2.75) is 39.2 Å². The highest BCUT2D eigenvalue weighted by Gasteiger charge is 2.14. The average molecular weight is 272 g/mol. The van der Waals surface area contributed by atoms with Crippen LogP contribution >= 0.6 is 0 Å². The second-order valence-electron chi connectivity index (χ2n) is 4.91. The van der Waals surface area contributed by atoms with Gasteiger partial charge in [0.2, 0.25) is 11.8 Å². The molecule has 0 spiro atoms. The molecule has 0 bridgehead atoms.